The van der Waals surface area contributed by atoms with Gasteiger partial charge in [0.25, 0.3) is 0 Å². The third kappa shape index (κ3) is 3.06. The molecule has 0 bridgehead atoms. The predicted molar refractivity (Wildman–Crippen MR) is 57.7 cm³/mol. The van der Waals surface area contributed by atoms with Crippen LogP contribution in [-0.4, -0.2) is 16.5 Å². The van der Waals surface area contributed by atoms with Gasteiger partial charge in [-0.25, -0.2) is 0 Å². The van der Waals surface area contributed by atoms with Gasteiger partial charge in [0.2, 0.25) is 5.91 Å². The Morgan fingerprint density at radius 1 is 1.24 bits per heavy atom. The number of hydrogen-bond acceptors (Lipinski definition) is 2. The summed E-state index contributed by atoms with van der Waals surface area (Å²) in [5, 5.41) is 0. The molecule has 0 aromatic heterocycles. The molecule has 0 saturated carbocycles. The minimum absolute atomic E-state index is 0.583. The van der Waals surface area contributed by atoms with Crippen LogP contribution in [0.5, 0.6) is 0 Å². The van der Waals surface area contributed by atoms with E-state index in [1.165, 1.54) is 6.07 Å². The van der Waals surface area contributed by atoms with E-state index in [9.17, 15) is 22.8 Å². The van der Waals surface area contributed by atoms with Crippen molar-refractivity contribution in [1.82, 2.24) is 0 Å². The van der Waals surface area contributed by atoms with Crippen LogP contribution in [0.2, 0.25) is 0 Å². The lowest BCUT2D eigenvalue weighted by molar-refractivity contribution is -0.138. The van der Waals surface area contributed by atoms with E-state index < -0.39 is 33.8 Å². The maximum atomic E-state index is 12.6. The van der Waals surface area contributed by atoms with Crippen molar-refractivity contribution in [2.24, 2.45) is 5.73 Å². The molecule has 0 spiro atoms. The zero-order chi connectivity index (χ0) is 13.2. The molecule has 1 amide bonds. The van der Waals surface area contributed by atoms with E-state index in [0.717, 1.165) is 18.2 Å². The second-order valence-corrected chi connectivity index (χ2v) is 4.09. The first-order chi connectivity index (χ1) is 7.75. The summed E-state index contributed by atoms with van der Waals surface area (Å²) in [6.45, 7) is 0. The maximum absolute atomic E-state index is 12.6. The molecule has 7 heteroatoms. The summed E-state index contributed by atoms with van der Waals surface area (Å²) in [4.78, 5) is 20.9. The number of halogens is 4. The number of nitrogens with two attached hydrogens (primary N) is 1. The number of rotatable bonds is 3. The normalized spacial score (nSPS) is 13.2. The molecule has 0 radical (unpaired) electrons. The monoisotopic (exact) mass is 309 g/mol. The van der Waals surface area contributed by atoms with Crippen LogP contribution in [0.25, 0.3) is 0 Å². The fourth-order valence-electron chi connectivity index (χ4n) is 1.21. The molecule has 1 rings (SSSR count). The minimum atomic E-state index is -4.66. The molecule has 0 fully saturated rings. The van der Waals surface area contributed by atoms with Gasteiger partial charge >= 0.3 is 6.18 Å². The highest BCUT2D eigenvalue weighted by atomic mass is 79.9. The van der Waals surface area contributed by atoms with Crippen molar-refractivity contribution in [3.8, 4) is 0 Å². The summed E-state index contributed by atoms with van der Waals surface area (Å²) in [5.74, 6) is -2.04. The van der Waals surface area contributed by atoms with E-state index in [4.69, 9.17) is 5.73 Å². The van der Waals surface area contributed by atoms with Gasteiger partial charge in [-0.15, -0.1) is 0 Å². The van der Waals surface area contributed by atoms with Gasteiger partial charge in [-0.2, -0.15) is 13.2 Å². The van der Waals surface area contributed by atoms with Gasteiger partial charge < -0.3 is 5.73 Å². The van der Waals surface area contributed by atoms with E-state index in [0.29, 0.717) is 0 Å². The number of carbonyl (C=O) groups excluding carboxylic acids is 2. The van der Waals surface area contributed by atoms with Gasteiger partial charge in [-0.3, -0.25) is 9.59 Å². The summed E-state index contributed by atoms with van der Waals surface area (Å²) in [6, 6.07) is 4.21. The number of carbonyl (C=O) groups is 2. The summed E-state index contributed by atoms with van der Waals surface area (Å²) in [7, 11) is 0. The van der Waals surface area contributed by atoms with E-state index in [1.54, 1.807) is 0 Å². The van der Waals surface area contributed by atoms with Crippen molar-refractivity contribution in [3.05, 3.63) is 35.4 Å². The van der Waals surface area contributed by atoms with Crippen molar-refractivity contribution >= 4 is 27.6 Å². The summed E-state index contributed by atoms with van der Waals surface area (Å²) >= 11 is 2.65. The van der Waals surface area contributed by atoms with Crippen molar-refractivity contribution in [2.45, 2.75) is 11.0 Å². The lowest BCUT2D eigenvalue weighted by Gasteiger charge is -2.12. The zero-order valence-corrected chi connectivity index (χ0v) is 9.88. The lowest BCUT2D eigenvalue weighted by Crippen LogP contribution is -2.32. The number of amides is 1. The second kappa shape index (κ2) is 4.87. The standard InChI is InChI=1S/C10H7BrF3NO2/c11-7(9(15)17)8(16)5-3-1-2-4-6(5)10(12,13)14/h1-4,7H,(H2,15,17). The van der Waals surface area contributed by atoms with Crippen molar-refractivity contribution in [3.63, 3.8) is 0 Å². The minimum Gasteiger partial charge on any atom is -0.368 e. The van der Waals surface area contributed by atoms with Gasteiger partial charge in [-0.05, 0) is 6.07 Å². The smallest absolute Gasteiger partial charge is 0.368 e. The van der Waals surface area contributed by atoms with Crippen molar-refractivity contribution < 1.29 is 22.8 Å². The van der Waals surface area contributed by atoms with Gasteiger partial charge in [0.15, 0.2) is 10.6 Å². The molecule has 2 N–H and O–H groups in total. The largest absolute Gasteiger partial charge is 0.417 e. The van der Waals surface area contributed by atoms with Crippen molar-refractivity contribution in [1.29, 1.82) is 0 Å². The van der Waals surface area contributed by atoms with E-state index in [1.807, 2.05) is 0 Å². The molecular weight excluding hydrogens is 303 g/mol. The number of alkyl halides is 4. The lowest BCUT2D eigenvalue weighted by atomic mass is 10.0. The van der Waals surface area contributed by atoms with Gasteiger partial charge in [0, 0.05) is 5.56 Å². The molecule has 1 atom stereocenters. The van der Waals surface area contributed by atoms with E-state index >= 15 is 0 Å². The van der Waals surface area contributed by atoms with Crippen LogP contribution < -0.4 is 5.73 Å². The number of benzene rings is 1. The van der Waals surface area contributed by atoms with Crippen LogP contribution in [0.1, 0.15) is 15.9 Å². The van der Waals surface area contributed by atoms with Crippen LogP contribution in [0.15, 0.2) is 24.3 Å². The second-order valence-electron chi connectivity index (χ2n) is 3.17. The topological polar surface area (TPSA) is 60.2 Å². The quantitative estimate of drug-likeness (QED) is 0.528. The average molecular weight is 310 g/mol. The molecule has 1 aromatic carbocycles. The number of hydrogen-bond donors (Lipinski definition) is 1. The Morgan fingerprint density at radius 3 is 2.24 bits per heavy atom. The molecule has 0 aliphatic heterocycles. The zero-order valence-electron chi connectivity index (χ0n) is 8.29. The summed E-state index contributed by atoms with van der Waals surface area (Å²) in [5.41, 5.74) is 3.18. The predicted octanol–water partition coefficient (Wildman–Crippen LogP) is 2.14. The average Bonchev–Trinajstić information content (AvgIpc) is 2.25. The van der Waals surface area contributed by atoms with Gasteiger partial charge in [0.05, 0.1) is 5.56 Å². The molecule has 0 heterocycles. The Hall–Kier alpha value is -1.37. The Balaban J connectivity index is 3.24. The number of Topliss-reactive ketones (excluding diaryl/α,β-unsaturated/α-hetero) is 1. The molecule has 17 heavy (non-hydrogen) atoms. The molecule has 0 saturated heterocycles. The Morgan fingerprint density at radius 2 is 1.76 bits per heavy atom. The maximum Gasteiger partial charge on any atom is 0.417 e. The molecule has 3 nitrogen and oxygen atoms in total. The molecule has 0 aliphatic carbocycles. The Kier molecular flexibility index (Phi) is 3.92. The van der Waals surface area contributed by atoms with Gasteiger partial charge in [-0.1, -0.05) is 34.1 Å². The van der Waals surface area contributed by atoms with E-state index in [-0.39, 0.29) is 0 Å². The summed E-state index contributed by atoms with van der Waals surface area (Å²) in [6.07, 6.45) is -4.66. The Labute approximate surface area is 103 Å². The highest BCUT2D eigenvalue weighted by Crippen LogP contribution is 2.32. The van der Waals surface area contributed by atoms with Crippen LogP contribution in [0, 0.1) is 0 Å². The first-order valence-corrected chi connectivity index (χ1v) is 5.30. The first kappa shape index (κ1) is 13.7. The summed E-state index contributed by atoms with van der Waals surface area (Å²) < 4.78 is 37.8. The molecule has 0 aliphatic rings. The Bertz CT molecular complexity index is 459. The molecular formula is C10H7BrF3NO2. The molecule has 1 aromatic rings. The van der Waals surface area contributed by atoms with E-state index in [2.05, 4.69) is 15.9 Å². The molecule has 92 valence electrons. The third-order valence-corrected chi connectivity index (χ3v) is 2.84. The molecule has 1 unspecified atom stereocenters. The number of ketones is 1. The number of primary amides is 1. The highest BCUT2D eigenvalue weighted by Gasteiger charge is 2.36. The van der Waals surface area contributed by atoms with Crippen molar-refractivity contribution in [2.75, 3.05) is 0 Å². The first-order valence-electron chi connectivity index (χ1n) is 4.39. The fraction of sp³-hybridized carbons (Fsp3) is 0.200. The van der Waals surface area contributed by atoms with Crippen LogP contribution >= 0.6 is 15.9 Å². The fourth-order valence-corrected chi connectivity index (χ4v) is 1.46. The SMILES string of the molecule is NC(=O)C(Br)C(=O)c1ccccc1C(F)(F)F. The van der Waals surface area contributed by atoms with Crippen LogP contribution in [0.4, 0.5) is 13.2 Å². The van der Waals surface area contributed by atoms with Crippen LogP contribution in [-0.2, 0) is 11.0 Å². The van der Waals surface area contributed by atoms with Gasteiger partial charge in [0.1, 0.15) is 0 Å². The van der Waals surface area contributed by atoms with Crippen LogP contribution in [0.3, 0.4) is 0 Å². The highest BCUT2D eigenvalue weighted by molar-refractivity contribution is 9.10. The third-order valence-electron chi connectivity index (χ3n) is 1.98.